The van der Waals surface area contributed by atoms with E-state index >= 15 is 0 Å². The summed E-state index contributed by atoms with van der Waals surface area (Å²) in [5.41, 5.74) is 4.93. The topological polar surface area (TPSA) is 104 Å². The average Bonchev–Trinajstić information content (AvgIpc) is 2.71. The van der Waals surface area contributed by atoms with E-state index < -0.39 is 16.6 Å². The highest BCUT2D eigenvalue weighted by atomic mass is 16.6. The number of carbonyl (C=O) groups excluding carboxylic acids is 1. The lowest BCUT2D eigenvalue weighted by Gasteiger charge is -2.15. The number of nitro groups is 1. The third kappa shape index (κ3) is 2.61. The van der Waals surface area contributed by atoms with Crippen LogP contribution < -0.4 is 5.73 Å². The van der Waals surface area contributed by atoms with Gasteiger partial charge in [0.1, 0.15) is 0 Å². The standard InChI is InChI=1S/C10H16N4O3/c1-4-6(2)7(3)13-5-8(9(11)15)10(12-13)14(16)17/h5-7H,4H2,1-3H3,(H2,11,15). The molecule has 0 aliphatic heterocycles. The van der Waals surface area contributed by atoms with E-state index in [1.54, 1.807) is 0 Å². The van der Waals surface area contributed by atoms with Crippen molar-refractivity contribution in [2.75, 3.05) is 0 Å². The molecule has 0 saturated carbocycles. The monoisotopic (exact) mass is 240 g/mol. The molecule has 0 fully saturated rings. The molecule has 1 rings (SSSR count). The molecule has 1 aromatic heterocycles. The second-order valence-corrected chi connectivity index (χ2v) is 4.09. The largest absolute Gasteiger partial charge is 0.402 e. The molecule has 1 aromatic rings. The van der Waals surface area contributed by atoms with Crippen molar-refractivity contribution in [1.82, 2.24) is 9.78 Å². The number of primary amides is 1. The predicted molar refractivity (Wildman–Crippen MR) is 61.6 cm³/mol. The van der Waals surface area contributed by atoms with E-state index in [1.807, 2.05) is 20.8 Å². The van der Waals surface area contributed by atoms with Gasteiger partial charge in [-0.25, -0.2) is 0 Å². The van der Waals surface area contributed by atoms with Gasteiger partial charge in [0, 0.05) is 0 Å². The Labute approximate surface area is 98.7 Å². The van der Waals surface area contributed by atoms with Crippen LogP contribution in [0.5, 0.6) is 0 Å². The average molecular weight is 240 g/mol. The van der Waals surface area contributed by atoms with Crippen molar-refractivity contribution in [2.24, 2.45) is 11.7 Å². The molecule has 0 bridgehead atoms. The second-order valence-electron chi connectivity index (χ2n) is 4.09. The van der Waals surface area contributed by atoms with Crippen molar-refractivity contribution >= 4 is 11.7 Å². The molecular weight excluding hydrogens is 224 g/mol. The van der Waals surface area contributed by atoms with Crippen LogP contribution in [-0.2, 0) is 0 Å². The fourth-order valence-electron chi connectivity index (χ4n) is 1.50. The zero-order valence-electron chi connectivity index (χ0n) is 10.1. The maximum Gasteiger partial charge on any atom is 0.402 e. The fraction of sp³-hybridized carbons (Fsp3) is 0.600. The minimum Gasteiger partial charge on any atom is -0.365 e. The Hall–Kier alpha value is -1.92. The number of hydrogen-bond donors (Lipinski definition) is 1. The van der Waals surface area contributed by atoms with Crippen molar-refractivity contribution < 1.29 is 9.72 Å². The van der Waals surface area contributed by atoms with Gasteiger partial charge in [-0.1, -0.05) is 20.3 Å². The highest BCUT2D eigenvalue weighted by Gasteiger charge is 2.27. The van der Waals surface area contributed by atoms with Crippen LogP contribution in [0.2, 0.25) is 0 Å². The summed E-state index contributed by atoms with van der Waals surface area (Å²) >= 11 is 0. The van der Waals surface area contributed by atoms with Gasteiger partial charge in [-0.3, -0.25) is 4.79 Å². The molecule has 0 radical (unpaired) electrons. The Balaban J connectivity index is 3.16. The summed E-state index contributed by atoms with van der Waals surface area (Å²) in [5.74, 6) is -1.01. The Morgan fingerprint density at radius 3 is 2.59 bits per heavy atom. The first-order valence-corrected chi connectivity index (χ1v) is 5.41. The van der Waals surface area contributed by atoms with Crippen LogP contribution in [0.3, 0.4) is 0 Å². The Kier molecular flexibility index (Phi) is 3.82. The molecule has 1 heterocycles. The van der Waals surface area contributed by atoms with Crippen molar-refractivity contribution in [3.8, 4) is 0 Å². The summed E-state index contributed by atoms with van der Waals surface area (Å²) in [7, 11) is 0. The van der Waals surface area contributed by atoms with E-state index in [9.17, 15) is 14.9 Å². The summed E-state index contributed by atoms with van der Waals surface area (Å²) in [4.78, 5) is 21.1. The van der Waals surface area contributed by atoms with Gasteiger partial charge < -0.3 is 15.8 Å². The second kappa shape index (κ2) is 4.94. The van der Waals surface area contributed by atoms with Gasteiger partial charge >= 0.3 is 5.82 Å². The Morgan fingerprint density at radius 1 is 1.65 bits per heavy atom. The summed E-state index contributed by atoms with van der Waals surface area (Å²) < 4.78 is 1.44. The zero-order valence-corrected chi connectivity index (χ0v) is 10.1. The zero-order chi connectivity index (χ0) is 13.2. The van der Waals surface area contributed by atoms with E-state index in [1.165, 1.54) is 10.9 Å². The quantitative estimate of drug-likeness (QED) is 0.621. The Morgan fingerprint density at radius 2 is 2.24 bits per heavy atom. The number of rotatable bonds is 5. The normalized spacial score (nSPS) is 14.3. The molecule has 0 aliphatic carbocycles. The van der Waals surface area contributed by atoms with Crippen molar-refractivity contribution in [3.05, 3.63) is 21.9 Å². The molecular formula is C10H16N4O3. The first-order chi connectivity index (χ1) is 7.88. The van der Waals surface area contributed by atoms with Gasteiger partial charge in [0.15, 0.2) is 5.56 Å². The van der Waals surface area contributed by atoms with Crippen molar-refractivity contribution in [1.29, 1.82) is 0 Å². The van der Waals surface area contributed by atoms with E-state index in [2.05, 4.69) is 5.10 Å². The molecule has 7 nitrogen and oxygen atoms in total. The molecule has 2 N–H and O–H groups in total. The first-order valence-electron chi connectivity index (χ1n) is 5.41. The van der Waals surface area contributed by atoms with Gasteiger partial charge in [0.05, 0.1) is 17.3 Å². The van der Waals surface area contributed by atoms with Crippen LogP contribution in [0.1, 0.15) is 43.6 Å². The fourth-order valence-corrected chi connectivity index (χ4v) is 1.50. The van der Waals surface area contributed by atoms with E-state index in [4.69, 9.17) is 5.73 Å². The summed E-state index contributed by atoms with van der Waals surface area (Å²) in [6.07, 6.45) is 2.26. The number of hydrogen-bond acceptors (Lipinski definition) is 4. The van der Waals surface area contributed by atoms with Crippen LogP contribution in [-0.4, -0.2) is 20.6 Å². The molecule has 0 aromatic carbocycles. The molecule has 17 heavy (non-hydrogen) atoms. The number of nitrogens with zero attached hydrogens (tertiary/aromatic N) is 3. The molecule has 0 saturated heterocycles. The maximum absolute atomic E-state index is 11.1. The van der Waals surface area contributed by atoms with Gasteiger partial charge in [-0.05, 0) is 17.8 Å². The predicted octanol–water partition coefficient (Wildman–Crippen LogP) is 1.50. The minimum absolute atomic E-state index is 0.0215. The van der Waals surface area contributed by atoms with Crippen LogP contribution in [0.15, 0.2) is 6.20 Å². The summed E-state index contributed by atoms with van der Waals surface area (Å²) in [6, 6.07) is -0.0215. The van der Waals surface area contributed by atoms with E-state index in [-0.39, 0.29) is 11.6 Å². The Bertz CT molecular complexity index is 409. The number of amides is 1. The molecule has 1 amide bonds. The highest BCUT2D eigenvalue weighted by Crippen LogP contribution is 2.23. The van der Waals surface area contributed by atoms with E-state index in [0.29, 0.717) is 5.92 Å². The maximum atomic E-state index is 11.1. The van der Waals surface area contributed by atoms with Crippen molar-refractivity contribution in [3.63, 3.8) is 0 Å². The van der Waals surface area contributed by atoms with Crippen LogP contribution in [0.4, 0.5) is 5.82 Å². The molecule has 0 spiro atoms. The third-order valence-corrected chi connectivity index (χ3v) is 3.04. The van der Waals surface area contributed by atoms with Gasteiger partial charge in [0.25, 0.3) is 5.91 Å². The smallest absolute Gasteiger partial charge is 0.365 e. The number of aromatic nitrogens is 2. The molecule has 2 unspecified atom stereocenters. The molecule has 0 aliphatic rings. The molecule has 2 atom stereocenters. The van der Waals surface area contributed by atoms with E-state index in [0.717, 1.165) is 6.42 Å². The lowest BCUT2D eigenvalue weighted by molar-refractivity contribution is -0.390. The first kappa shape index (κ1) is 13.1. The van der Waals surface area contributed by atoms with Gasteiger partial charge in [-0.2, -0.15) is 4.68 Å². The SMILES string of the molecule is CCC(C)C(C)n1cc(C(N)=O)c([N+](=O)[O-])n1. The van der Waals surface area contributed by atoms with Gasteiger partial charge in [-0.15, -0.1) is 0 Å². The molecule has 7 heteroatoms. The van der Waals surface area contributed by atoms with Crippen LogP contribution >= 0.6 is 0 Å². The minimum atomic E-state index is -0.834. The van der Waals surface area contributed by atoms with Gasteiger partial charge in [0.2, 0.25) is 0 Å². The third-order valence-electron chi connectivity index (χ3n) is 3.04. The highest BCUT2D eigenvalue weighted by molar-refractivity contribution is 5.95. The molecule has 94 valence electrons. The van der Waals surface area contributed by atoms with Crippen molar-refractivity contribution in [2.45, 2.75) is 33.2 Å². The number of carbonyl (C=O) groups is 1. The lowest BCUT2D eigenvalue weighted by atomic mass is 10.0. The summed E-state index contributed by atoms with van der Waals surface area (Å²) in [5, 5.41) is 14.5. The lowest BCUT2D eigenvalue weighted by Crippen LogP contribution is -2.14. The van der Waals surface area contributed by atoms with Crippen LogP contribution in [0.25, 0.3) is 0 Å². The summed E-state index contributed by atoms with van der Waals surface area (Å²) in [6.45, 7) is 5.94. The van der Waals surface area contributed by atoms with Crippen LogP contribution in [0, 0.1) is 16.0 Å². The number of nitrogens with two attached hydrogens (primary N) is 1.